The zero-order chi connectivity index (χ0) is 27.8. The molecule has 2 heteroatoms. The van der Waals surface area contributed by atoms with Crippen molar-refractivity contribution in [3.8, 4) is 11.5 Å². The van der Waals surface area contributed by atoms with Crippen LogP contribution in [0.2, 0.25) is 0 Å². The highest BCUT2D eigenvalue weighted by atomic mass is 16.3. The molecule has 3 aromatic carbocycles. The zero-order valence-electron chi connectivity index (χ0n) is 24.9. The molecule has 0 amide bonds. The minimum atomic E-state index is 0.325. The summed E-state index contributed by atoms with van der Waals surface area (Å²) in [6, 6.07) is 18.7. The standard InChI is InChI=1S/C11H10O.C7H8O.C6H14.C5H12.C4H10/c1-8-2-3-10-7-11(12)5-4-9(10)6-8;1-6-2-4-7(8)5-3-6;1-5(2)6(3)4;1-5(2,3)4;1-4(2)3/h2-7,12H,1H3;2-5,8H,1H3;5-6H,1-4H3;1-4H3;4H,1-3H3. The molecule has 0 heterocycles. The van der Waals surface area contributed by atoms with Crippen molar-refractivity contribution >= 4 is 10.8 Å². The number of phenolic OH excluding ortho intramolecular Hbond substituents is 2. The molecule has 0 saturated heterocycles. The number of aryl methyl sites for hydroxylation is 2. The van der Waals surface area contributed by atoms with E-state index in [9.17, 15) is 5.11 Å². The Bertz CT molecular complexity index is 837. The molecular weight excluding hydrogens is 428 g/mol. The second kappa shape index (κ2) is 17.9. The molecule has 3 aromatic rings. The molecule has 3 rings (SSSR count). The van der Waals surface area contributed by atoms with Crippen LogP contribution in [0.3, 0.4) is 0 Å². The first kappa shape index (κ1) is 34.7. The van der Waals surface area contributed by atoms with Gasteiger partial charge in [0.25, 0.3) is 0 Å². The maximum Gasteiger partial charge on any atom is 0.116 e. The maximum atomic E-state index is 9.20. The Morgan fingerprint density at radius 3 is 1.20 bits per heavy atom. The molecule has 2 nitrogen and oxygen atoms in total. The van der Waals surface area contributed by atoms with E-state index < -0.39 is 0 Å². The van der Waals surface area contributed by atoms with E-state index in [0.29, 0.717) is 16.9 Å². The van der Waals surface area contributed by atoms with E-state index in [1.54, 1.807) is 24.3 Å². The Kier molecular flexibility index (Phi) is 17.7. The average molecular weight is 483 g/mol. The lowest BCUT2D eigenvalue weighted by Gasteiger charge is -2.05. The monoisotopic (exact) mass is 482 g/mol. The number of rotatable bonds is 1. The Hall–Kier alpha value is -2.48. The maximum absolute atomic E-state index is 9.20. The molecule has 2 N–H and O–H groups in total. The number of hydrogen-bond donors (Lipinski definition) is 2. The molecular formula is C33H54O2. The van der Waals surface area contributed by atoms with Crippen LogP contribution in [0.5, 0.6) is 11.5 Å². The van der Waals surface area contributed by atoms with Gasteiger partial charge in [-0.05, 0) is 72.1 Å². The second-order valence-corrected chi connectivity index (χ2v) is 12.1. The molecule has 0 aliphatic heterocycles. The summed E-state index contributed by atoms with van der Waals surface area (Å²) in [7, 11) is 0. The lowest BCUT2D eigenvalue weighted by Crippen LogP contribution is -1.95. The van der Waals surface area contributed by atoms with Crippen molar-refractivity contribution in [2.24, 2.45) is 23.2 Å². The normalized spacial score (nSPS) is 10.3. The van der Waals surface area contributed by atoms with Crippen LogP contribution in [0, 0.1) is 37.0 Å². The fourth-order valence-electron chi connectivity index (χ4n) is 1.90. The Balaban J connectivity index is 0. The van der Waals surface area contributed by atoms with Crippen LogP contribution in [-0.4, -0.2) is 10.2 Å². The van der Waals surface area contributed by atoms with Gasteiger partial charge in [-0.25, -0.2) is 0 Å². The topological polar surface area (TPSA) is 40.5 Å². The van der Waals surface area contributed by atoms with E-state index in [0.717, 1.165) is 23.1 Å². The second-order valence-electron chi connectivity index (χ2n) is 12.1. The predicted molar refractivity (Wildman–Crippen MR) is 159 cm³/mol. The van der Waals surface area contributed by atoms with E-state index in [2.05, 4.69) is 89.2 Å². The quantitative estimate of drug-likeness (QED) is 0.362. The number of benzene rings is 3. The number of phenols is 2. The first-order valence-corrected chi connectivity index (χ1v) is 12.9. The van der Waals surface area contributed by atoms with Crippen molar-refractivity contribution in [1.29, 1.82) is 0 Å². The Labute approximate surface area is 217 Å². The summed E-state index contributed by atoms with van der Waals surface area (Å²) in [5.74, 6) is 3.19. The van der Waals surface area contributed by atoms with Gasteiger partial charge in [0.05, 0.1) is 0 Å². The summed E-state index contributed by atoms with van der Waals surface area (Å²) in [6.45, 7) is 28.3. The molecule has 0 aromatic heterocycles. The van der Waals surface area contributed by atoms with Crippen molar-refractivity contribution in [3.63, 3.8) is 0 Å². The molecule has 0 spiro atoms. The molecule has 0 atom stereocenters. The van der Waals surface area contributed by atoms with E-state index in [-0.39, 0.29) is 0 Å². The van der Waals surface area contributed by atoms with E-state index >= 15 is 0 Å². The van der Waals surface area contributed by atoms with Gasteiger partial charge in [0.2, 0.25) is 0 Å². The lowest BCUT2D eigenvalue weighted by atomic mass is 10.0. The highest BCUT2D eigenvalue weighted by Crippen LogP contribution is 2.20. The SMILES string of the molecule is CC(C)(C)C.CC(C)C.CC(C)C(C)C.Cc1ccc(O)cc1.Cc1ccc2cc(O)ccc2c1. The summed E-state index contributed by atoms with van der Waals surface area (Å²) in [6.07, 6.45) is 0. The Morgan fingerprint density at radius 1 is 0.514 bits per heavy atom. The fourth-order valence-corrected chi connectivity index (χ4v) is 1.90. The molecule has 0 bridgehead atoms. The van der Waals surface area contributed by atoms with Gasteiger partial charge in [0, 0.05) is 0 Å². The largest absolute Gasteiger partial charge is 0.508 e. The molecule has 0 saturated carbocycles. The number of aromatic hydroxyl groups is 2. The van der Waals surface area contributed by atoms with Gasteiger partial charge in [0.1, 0.15) is 11.5 Å². The van der Waals surface area contributed by atoms with Gasteiger partial charge in [-0.2, -0.15) is 0 Å². The van der Waals surface area contributed by atoms with Crippen molar-refractivity contribution in [3.05, 3.63) is 71.8 Å². The van der Waals surface area contributed by atoms with Gasteiger partial charge in [-0.3, -0.25) is 0 Å². The van der Waals surface area contributed by atoms with Gasteiger partial charge < -0.3 is 10.2 Å². The zero-order valence-corrected chi connectivity index (χ0v) is 24.9. The van der Waals surface area contributed by atoms with Crippen LogP contribution >= 0.6 is 0 Å². The van der Waals surface area contributed by atoms with Crippen molar-refractivity contribution in [2.75, 3.05) is 0 Å². The number of hydrogen-bond acceptors (Lipinski definition) is 2. The van der Waals surface area contributed by atoms with E-state index in [1.807, 2.05) is 37.3 Å². The van der Waals surface area contributed by atoms with Crippen LogP contribution in [-0.2, 0) is 0 Å². The first-order chi connectivity index (χ1) is 15.9. The average Bonchev–Trinajstić information content (AvgIpc) is 2.70. The highest BCUT2D eigenvalue weighted by molar-refractivity contribution is 5.84. The Morgan fingerprint density at radius 2 is 0.829 bits per heavy atom. The smallest absolute Gasteiger partial charge is 0.116 e. The molecule has 198 valence electrons. The van der Waals surface area contributed by atoms with Crippen LogP contribution in [0.25, 0.3) is 10.8 Å². The van der Waals surface area contributed by atoms with E-state index in [1.165, 1.54) is 16.5 Å². The third-order valence-electron chi connectivity index (χ3n) is 4.35. The summed E-state index contributed by atoms with van der Waals surface area (Å²) < 4.78 is 0. The van der Waals surface area contributed by atoms with Crippen LogP contribution in [0.15, 0.2) is 60.7 Å². The summed E-state index contributed by atoms with van der Waals surface area (Å²) in [4.78, 5) is 0. The van der Waals surface area contributed by atoms with Crippen molar-refractivity contribution in [1.82, 2.24) is 0 Å². The molecule has 0 aliphatic rings. The highest BCUT2D eigenvalue weighted by Gasteiger charge is 1.96. The lowest BCUT2D eigenvalue weighted by molar-refractivity contribution is 0.457. The van der Waals surface area contributed by atoms with Crippen LogP contribution < -0.4 is 0 Å². The van der Waals surface area contributed by atoms with Crippen LogP contribution in [0.1, 0.15) is 87.3 Å². The molecule has 35 heavy (non-hydrogen) atoms. The molecule has 0 unspecified atom stereocenters. The van der Waals surface area contributed by atoms with E-state index in [4.69, 9.17) is 5.11 Å². The van der Waals surface area contributed by atoms with Gasteiger partial charge in [-0.1, -0.05) is 124 Å². The summed E-state index contributed by atoms with van der Waals surface area (Å²) in [5, 5.41) is 20.2. The third-order valence-corrected chi connectivity index (χ3v) is 4.35. The number of fused-ring (bicyclic) bond motifs is 1. The van der Waals surface area contributed by atoms with Crippen LogP contribution in [0.4, 0.5) is 0 Å². The molecule has 0 radical (unpaired) electrons. The predicted octanol–water partition coefficient (Wildman–Crippen LogP) is 10.6. The summed E-state index contributed by atoms with van der Waals surface area (Å²) in [5.41, 5.74) is 2.91. The minimum absolute atomic E-state index is 0.325. The van der Waals surface area contributed by atoms with Gasteiger partial charge in [-0.15, -0.1) is 0 Å². The molecule has 0 aliphatic carbocycles. The first-order valence-electron chi connectivity index (χ1n) is 12.9. The third kappa shape index (κ3) is 24.4. The summed E-state index contributed by atoms with van der Waals surface area (Å²) >= 11 is 0. The van der Waals surface area contributed by atoms with Gasteiger partial charge in [0.15, 0.2) is 0 Å². The van der Waals surface area contributed by atoms with Gasteiger partial charge >= 0.3 is 0 Å². The minimum Gasteiger partial charge on any atom is -0.508 e. The molecule has 0 fully saturated rings. The fraction of sp³-hybridized carbons (Fsp3) is 0.515. The van der Waals surface area contributed by atoms with Crippen molar-refractivity contribution in [2.45, 2.75) is 90.0 Å². The van der Waals surface area contributed by atoms with Crippen molar-refractivity contribution < 1.29 is 10.2 Å².